The molecule has 0 heterocycles. The van der Waals surface area contributed by atoms with Crippen LogP contribution in [0.1, 0.15) is 5.56 Å². The second kappa shape index (κ2) is 3.72. The monoisotopic (exact) mass is 185 g/mol. The summed E-state index contributed by atoms with van der Waals surface area (Å²) in [4.78, 5) is 0. The van der Waals surface area contributed by atoms with Gasteiger partial charge in [0.05, 0.1) is 5.56 Å². The van der Waals surface area contributed by atoms with Gasteiger partial charge in [-0.25, -0.2) is 0 Å². The summed E-state index contributed by atoms with van der Waals surface area (Å²) in [6, 6.07) is 5.04. The molecule has 1 aromatic carbocycles. The fraction of sp³-hybridized carbons (Fsp3) is 0.125. The molecule has 13 heavy (non-hydrogen) atoms. The summed E-state index contributed by atoms with van der Waals surface area (Å²) in [5.41, 5.74) is -0.0434. The molecule has 0 aliphatic heterocycles. The van der Waals surface area contributed by atoms with Crippen LogP contribution in [0.25, 0.3) is 0 Å². The molecule has 1 aromatic rings. The van der Waals surface area contributed by atoms with E-state index in [1.807, 2.05) is 0 Å². The molecular formula is C8H5F2NO2. The van der Waals surface area contributed by atoms with E-state index in [1.165, 1.54) is 12.1 Å². The van der Waals surface area contributed by atoms with E-state index in [0.29, 0.717) is 0 Å². The predicted molar refractivity (Wildman–Crippen MR) is 39.5 cm³/mol. The summed E-state index contributed by atoms with van der Waals surface area (Å²) < 4.78 is 27.5. The molecule has 0 spiro atoms. The molecule has 68 valence electrons. The summed E-state index contributed by atoms with van der Waals surface area (Å²) >= 11 is 0. The Hall–Kier alpha value is -1.83. The third-order valence-electron chi connectivity index (χ3n) is 1.30. The molecule has 1 rings (SSSR count). The Morgan fingerprint density at radius 1 is 1.46 bits per heavy atom. The first-order valence-corrected chi connectivity index (χ1v) is 3.31. The molecule has 0 fully saturated rings. The van der Waals surface area contributed by atoms with E-state index in [2.05, 4.69) is 4.74 Å². The van der Waals surface area contributed by atoms with Gasteiger partial charge in [0.25, 0.3) is 0 Å². The van der Waals surface area contributed by atoms with Crippen LogP contribution in [-0.4, -0.2) is 11.7 Å². The summed E-state index contributed by atoms with van der Waals surface area (Å²) in [6.45, 7) is -3.01. The second-order valence-electron chi connectivity index (χ2n) is 2.17. The molecule has 5 heteroatoms. The Labute approximate surface area is 72.8 Å². The first kappa shape index (κ1) is 9.26. The predicted octanol–water partition coefficient (Wildman–Crippen LogP) is 1.87. The maximum absolute atomic E-state index is 11.8. The van der Waals surface area contributed by atoms with E-state index in [1.54, 1.807) is 6.07 Å². The van der Waals surface area contributed by atoms with Gasteiger partial charge in [-0.15, -0.1) is 0 Å². The maximum atomic E-state index is 11.8. The summed E-state index contributed by atoms with van der Waals surface area (Å²) in [5.74, 6) is -0.549. The van der Waals surface area contributed by atoms with Gasteiger partial charge >= 0.3 is 6.61 Å². The van der Waals surface area contributed by atoms with Crippen LogP contribution < -0.4 is 4.74 Å². The van der Waals surface area contributed by atoms with E-state index in [-0.39, 0.29) is 17.1 Å². The van der Waals surface area contributed by atoms with Crippen molar-refractivity contribution in [3.8, 4) is 17.6 Å². The highest BCUT2D eigenvalue weighted by Gasteiger charge is 2.09. The molecule has 0 unspecified atom stereocenters. The highest BCUT2D eigenvalue weighted by molar-refractivity contribution is 5.46. The van der Waals surface area contributed by atoms with Gasteiger partial charge in [0.2, 0.25) is 0 Å². The zero-order valence-corrected chi connectivity index (χ0v) is 6.37. The number of halogens is 2. The van der Waals surface area contributed by atoms with E-state index in [9.17, 15) is 8.78 Å². The molecule has 0 aromatic heterocycles. The first-order chi connectivity index (χ1) is 6.13. The highest BCUT2D eigenvalue weighted by atomic mass is 19.3. The number of ether oxygens (including phenoxy) is 1. The van der Waals surface area contributed by atoms with Crippen molar-refractivity contribution in [2.24, 2.45) is 0 Å². The zero-order valence-electron chi connectivity index (χ0n) is 6.37. The third-order valence-corrected chi connectivity index (χ3v) is 1.30. The Morgan fingerprint density at radius 2 is 2.15 bits per heavy atom. The number of aromatic hydroxyl groups is 1. The number of benzene rings is 1. The molecule has 0 radical (unpaired) electrons. The van der Waals surface area contributed by atoms with Crippen LogP contribution in [0.15, 0.2) is 18.2 Å². The van der Waals surface area contributed by atoms with Crippen LogP contribution in [0.4, 0.5) is 8.78 Å². The van der Waals surface area contributed by atoms with Gasteiger partial charge in [-0.05, 0) is 12.1 Å². The van der Waals surface area contributed by atoms with Crippen LogP contribution >= 0.6 is 0 Å². The van der Waals surface area contributed by atoms with E-state index in [4.69, 9.17) is 10.4 Å². The lowest BCUT2D eigenvalue weighted by molar-refractivity contribution is -0.0501. The summed E-state index contributed by atoms with van der Waals surface area (Å²) in [7, 11) is 0. The molecule has 0 saturated carbocycles. The lowest BCUT2D eigenvalue weighted by Crippen LogP contribution is -2.03. The van der Waals surface area contributed by atoms with Crippen molar-refractivity contribution in [3.63, 3.8) is 0 Å². The van der Waals surface area contributed by atoms with Gasteiger partial charge in [0.1, 0.15) is 17.6 Å². The van der Waals surface area contributed by atoms with Gasteiger partial charge in [0.15, 0.2) is 0 Å². The molecule has 0 aliphatic rings. The number of phenolic OH excluding ortho intramolecular Hbond substituents is 1. The first-order valence-electron chi connectivity index (χ1n) is 3.31. The summed E-state index contributed by atoms with van der Waals surface area (Å²) in [6.07, 6.45) is 0. The van der Waals surface area contributed by atoms with Crippen LogP contribution in [0.5, 0.6) is 11.5 Å². The number of nitrogens with zero attached hydrogens (tertiary/aromatic N) is 1. The van der Waals surface area contributed by atoms with Crippen molar-refractivity contribution in [3.05, 3.63) is 23.8 Å². The van der Waals surface area contributed by atoms with E-state index >= 15 is 0 Å². The van der Waals surface area contributed by atoms with Crippen molar-refractivity contribution in [2.45, 2.75) is 6.61 Å². The number of rotatable bonds is 2. The average molecular weight is 185 g/mol. The lowest BCUT2D eigenvalue weighted by atomic mass is 10.2. The number of phenols is 1. The number of nitriles is 1. The Balaban J connectivity index is 3.03. The minimum Gasteiger partial charge on any atom is -0.508 e. The largest absolute Gasteiger partial charge is 0.508 e. The van der Waals surface area contributed by atoms with Gasteiger partial charge in [-0.3, -0.25) is 0 Å². The second-order valence-corrected chi connectivity index (χ2v) is 2.17. The van der Waals surface area contributed by atoms with Crippen molar-refractivity contribution in [1.29, 1.82) is 5.26 Å². The molecule has 3 nitrogen and oxygen atoms in total. The van der Waals surface area contributed by atoms with E-state index in [0.717, 1.165) is 6.07 Å². The van der Waals surface area contributed by atoms with Crippen LogP contribution in [0, 0.1) is 11.3 Å². The maximum Gasteiger partial charge on any atom is 0.387 e. The molecule has 0 atom stereocenters. The zero-order chi connectivity index (χ0) is 9.84. The standard InChI is InChI=1S/C8H5F2NO2/c9-8(10)13-7-3-6(12)2-1-5(7)4-11/h1-3,8,12H. The number of alkyl halides is 2. The highest BCUT2D eigenvalue weighted by Crippen LogP contribution is 2.24. The van der Waals surface area contributed by atoms with Gasteiger partial charge in [-0.2, -0.15) is 14.0 Å². The fourth-order valence-electron chi connectivity index (χ4n) is 0.797. The lowest BCUT2D eigenvalue weighted by Gasteiger charge is -2.05. The molecule has 0 amide bonds. The van der Waals surface area contributed by atoms with Crippen LogP contribution in [0.3, 0.4) is 0 Å². The SMILES string of the molecule is N#Cc1ccc(O)cc1OC(F)F. The Morgan fingerprint density at radius 3 is 2.69 bits per heavy atom. The molecule has 0 bridgehead atoms. The normalized spacial score (nSPS) is 9.69. The van der Waals surface area contributed by atoms with Gasteiger partial charge < -0.3 is 9.84 Å². The Bertz CT molecular complexity index is 346. The molecule has 1 N–H and O–H groups in total. The fourth-order valence-corrected chi connectivity index (χ4v) is 0.797. The topological polar surface area (TPSA) is 53.2 Å². The van der Waals surface area contributed by atoms with Crippen molar-refractivity contribution in [1.82, 2.24) is 0 Å². The quantitative estimate of drug-likeness (QED) is 0.765. The van der Waals surface area contributed by atoms with Crippen molar-refractivity contribution >= 4 is 0 Å². The minimum atomic E-state index is -3.01. The smallest absolute Gasteiger partial charge is 0.387 e. The van der Waals surface area contributed by atoms with Gasteiger partial charge in [0, 0.05) is 6.07 Å². The number of hydrogen-bond donors (Lipinski definition) is 1. The summed E-state index contributed by atoms with van der Waals surface area (Å²) in [5, 5.41) is 17.4. The van der Waals surface area contributed by atoms with Crippen molar-refractivity contribution in [2.75, 3.05) is 0 Å². The minimum absolute atomic E-state index is 0.0434. The van der Waals surface area contributed by atoms with Crippen molar-refractivity contribution < 1.29 is 18.6 Å². The Kier molecular flexibility index (Phi) is 2.65. The number of hydrogen-bond acceptors (Lipinski definition) is 3. The van der Waals surface area contributed by atoms with Crippen LogP contribution in [-0.2, 0) is 0 Å². The molecule has 0 saturated heterocycles. The third kappa shape index (κ3) is 2.30. The molecular weight excluding hydrogens is 180 g/mol. The van der Waals surface area contributed by atoms with Gasteiger partial charge in [-0.1, -0.05) is 0 Å². The van der Waals surface area contributed by atoms with E-state index < -0.39 is 6.61 Å². The average Bonchev–Trinajstić information content (AvgIpc) is 2.03. The molecule has 0 aliphatic carbocycles. The van der Waals surface area contributed by atoms with Crippen LogP contribution in [0.2, 0.25) is 0 Å².